The Labute approximate surface area is 104 Å². The van der Waals surface area contributed by atoms with Gasteiger partial charge in [0, 0.05) is 19.0 Å². The number of carbonyl (C=O) groups excluding carboxylic acids is 1. The minimum atomic E-state index is 0.237. The van der Waals surface area contributed by atoms with Gasteiger partial charge in [-0.3, -0.25) is 4.79 Å². The van der Waals surface area contributed by atoms with E-state index in [2.05, 4.69) is 10.2 Å². The molecule has 1 atom stereocenters. The van der Waals surface area contributed by atoms with Gasteiger partial charge in [-0.25, -0.2) is 0 Å². The van der Waals surface area contributed by atoms with E-state index in [4.69, 9.17) is 5.73 Å². The van der Waals surface area contributed by atoms with Gasteiger partial charge in [0.15, 0.2) is 0 Å². The smallest absolute Gasteiger partial charge is 0.220 e. The van der Waals surface area contributed by atoms with Crippen molar-refractivity contribution in [3.05, 3.63) is 0 Å². The lowest BCUT2D eigenvalue weighted by Crippen LogP contribution is -2.57. The van der Waals surface area contributed by atoms with Crippen molar-refractivity contribution in [2.75, 3.05) is 26.2 Å². The predicted octanol–water partition coefficient (Wildman–Crippen LogP) is 0.716. The number of amides is 1. The summed E-state index contributed by atoms with van der Waals surface area (Å²) in [6.07, 6.45) is 6.28. The first-order valence-corrected chi connectivity index (χ1v) is 7.01. The highest BCUT2D eigenvalue weighted by Gasteiger charge is 2.34. The first kappa shape index (κ1) is 12.8. The molecule has 1 unspecified atom stereocenters. The summed E-state index contributed by atoms with van der Waals surface area (Å²) in [4.78, 5) is 14.3. The Hall–Kier alpha value is -0.610. The summed E-state index contributed by atoms with van der Waals surface area (Å²) in [5, 5.41) is 3.22. The molecule has 3 aliphatic heterocycles. The van der Waals surface area contributed by atoms with Crippen LogP contribution in [0.3, 0.4) is 0 Å². The lowest BCUT2D eigenvalue weighted by molar-refractivity contribution is -0.123. The molecule has 4 heteroatoms. The van der Waals surface area contributed by atoms with Gasteiger partial charge in [0.2, 0.25) is 5.91 Å². The van der Waals surface area contributed by atoms with E-state index in [0.29, 0.717) is 12.5 Å². The normalized spacial score (nSPS) is 31.5. The second-order valence-corrected chi connectivity index (χ2v) is 5.41. The molecule has 0 saturated carbocycles. The van der Waals surface area contributed by atoms with Crippen molar-refractivity contribution >= 4 is 5.91 Å². The topological polar surface area (TPSA) is 58.4 Å². The first-order valence-electron chi connectivity index (χ1n) is 7.01. The average molecular weight is 239 g/mol. The van der Waals surface area contributed by atoms with Crippen LogP contribution in [0.1, 0.15) is 38.5 Å². The average Bonchev–Trinajstić information content (AvgIpc) is 2.36. The number of nitrogens with zero attached hydrogens (tertiary/aromatic N) is 1. The predicted molar refractivity (Wildman–Crippen MR) is 68.6 cm³/mol. The fraction of sp³-hybridized carbons (Fsp3) is 0.923. The number of rotatable bonds is 6. The van der Waals surface area contributed by atoms with Crippen LogP contribution < -0.4 is 11.1 Å². The van der Waals surface area contributed by atoms with Crippen molar-refractivity contribution in [2.45, 2.75) is 44.6 Å². The maximum absolute atomic E-state index is 11.8. The summed E-state index contributed by atoms with van der Waals surface area (Å²) in [6, 6.07) is 0.416. The molecule has 3 rings (SSSR count). The number of unbranched alkanes of at least 4 members (excludes halogenated alkanes) is 2. The van der Waals surface area contributed by atoms with Crippen LogP contribution in [0.5, 0.6) is 0 Å². The van der Waals surface area contributed by atoms with Crippen molar-refractivity contribution in [2.24, 2.45) is 11.7 Å². The van der Waals surface area contributed by atoms with Gasteiger partial charge in [0.1, 0.15) is 0 Å². The quantitative estimate of drug-likeness (QED) is 0.671. The third kappa shape index (κ3) is 3.68. The van der Waals surface area contributed by atoms with Gasteiger partial charge in [-0.2, -0.15) is 0 Å². The van der Waals surface area contributed by atoms with Crippen molar-refractivity contribution in [1.29, 1.82) is 0 Å². The monoisotopic (exact) mass is 239 g/mol. The zero-order chi connectivity index (χ0) is 12.1. The van der Waals surface area contributed by atoms with E-state index in [1.165, 1.54) is 25.9 Å². The van der Waals surface area contributed by atoms with Gasteiger partial charge < -0.3 is 16.0 Å². The van der Waals surface area contributed by atoms with Gasteiger partial charge in [0.05, 0.1) is 0 Å². The molecule has 2 bridgehead atoms. The van der Waals surface area contributed by atoms with Crippen LogP contribution in [0.4, 0.5) is 0 Å². The third-order valence-corrected chi connectivity index (χ3v) is 4.11. The van der Waals surface area contributed by atoms with E-state index in [-0.39, 0.29) is 5.91 Å². The van der Waals surface area contributed by atoms with Crippen LogP contribution in [0, 0.1) is 5.92 Å². The molecule has 3 N–H and O–H groups in total. The van der Waals surface area contributed by atoms with E-state index in [0.717, 1.165) is 38.3 Å². The largest absolute Gasteiger partial charge is 0.352 e. The van der Waals surface area contributed by atoms with Gasteiger partial charge in [0.25, 0.3) is 0 Å². The Morgan fingerprint density at radius 1 is 1.24 bits per heavy atom. The number of hydrogen-bond acceptors (Lipinski definition) is 3. The maximum atomic E-state index is 11.8. The molecular formula is C13H25N3O. The SMILES string of the molecule is NCCCCCC(=O)NC1CN2CCC1CC2. The highest BCUT2D eigenvalue weighted by atomic mass is 16.1. The van der Waals surface area contributed by atoms with Gasteiger partial charge in [-0.1, -0.05) is 6.42 Å². The van der Waals surface area contributed by atoms with Crippen molar-refractivity contribution in [3.8, 4) is 0 Å². The molecule has 17 heavy (non-hydrogen) atoms. The van der Waals surface area contributed by atoms with Crippen molar-refractivity contribution < 1.29 is 4.79 Å². The molecule has 3 fully saturated rings. The Kier molecular flexibility index (Phi) is 4.80. The highest BCUT2D eigenvalue weighted by molar-refractivity contribution is 5.76. The first-order chi connectivity index (χ1) is 8.29. The van der Waals surface area contributed by atoms with Gasteiger partial charge in [-0.15, -0.1) is 0 Å². The van der Waals surface area contributed by atoms with Gasteiger partial charge in [-0.05, 0) is 51.2 Å². The summed E-state index contributed by atoms with van der Waals surface area (Å²) in [5.74, 6) is 0.966. The van der Waals surface area contributed by atoms with Gasteiger partial charge >= 0.3 is 0 Å². The van der Waals surface area contributed by atoms with Crippen LogP contribution in [0.25, 0.3) is 0 Å². The Morgan fingerprint density at radius 2 is 2.00 bits per heavy atom. The van der Waals surface area contributed by atoms with Crippen LogP contribution in [-0.2, 0) is 4.79 Å². The number of nitrogens with two attached hydrogens (primary N) is 1. The van der Waals surface area contributed by atoms with Crippen LogP contribution in [0.2, 0.25) is 0 Å². The molecule has 1 amide bonds. The molecule has 4 nitrogen and oxygen atoms in total. The summed E-state index contributed by atoms with van der Waals surface area (Å²) >= 11 is 0. The van der Waals surface area contributed by atoms with E-state index in [9.17, 15) is 4.79 Å². The van der Waals surface area contributed by atoms with Crippen LogP contribution in [-0.4, -0.2) is 43.0 Å². The maximum Gasteiger partial charge on any atom is 0.220 e. The van der Waals surface area contributed by atoms with E-state index >= 15 is 0 Å². The van der Waals surface area contributed by atoms with Crippen molar-refractivity contribution in [3.63, 3.8) is 0 Å². The fourth-order valence-electron chi connectivity index (χ4n) is 3.01. The van der Waals surface area contributed by atoms with Crippen molar-refractivity contribution in [1.82, 2.24) is 10.2 Å². The Morgan fingerprint density at radius 3 is 2.59 bits per heavy atom. The fourth-order valence-corrected chi connectivity index (χ4v) is 3.01. The number of hydrogen-bond donors (Lipinski definition) is 2. The van der Waals surface area contributed by atoms with E-state index in [1.807, 2.05) is 0 Å². The Balaban J connectivity index is 1.65. The zero-order valence-electron chi connectivity index (χ0n) is 10.7. The minimum Gasteiger partial charge on any atom is -0.352 e. The lowest BCUT2D eigenvalue weighted by atomic mass is 9.84. The van der Waals surface area contributed by atoms with E-state index < -0.39 is 0 Å². The molecule has 0 aromatic heterocycles. The van der Waals surface area contributed by atoms with Crippen LogP contribution in [0.15, 0.2) is 0 Å². The molecule has 0 aliphatic carbocycles. The number of fused-ring (bicyclic) bond motifs is 3. The lowest BCUT2D eigenvalue weighted by Gasteiger charge is -2.44. The summed E-state index contributed by atoms with van der Waals surface area (Å²) < 4.78 is 0. The molecule has 3 heterocycles. The molecule has 0 aromatic rings. The molecule has 3 aliphatic rings. The number of carbonyl (C=O) groups is 1. The minimum absolute atomic E-state index is 0.237. The molecule has 0 spiro atoms. The van der Waals surface area contributed by atoms with Crippen LogP contribution >= 0.6 is 0 Å². The number of piperidine rings is 3. The molecule has 0 radical (unpaired) electrons. The summed E-state index contributed by atoms with van der Waals surface area (Å²) in [6.45, 7) is 4.27. The second kappa shape index (κ2) is 6.36. The van der Waals surface area contributed by atoms with E-state index in [1.54, 1.807) is 0 Å². The molecule has 98 valence electrons. The standard InChI is InChI=1S/C13H25N3O/c14-7-3-1-2-4-13(17)15-12-10-16-8-5-11(12)6-9-16/h11-12H,1-10,14H2,(H,15,17). The number of nitrogens with one attached hydrogen (secondary N) is 1. The second-order valence-electron chi connectivity index (χ2n) is 5.41. The Bertz CT molecular complexity index is 249. The third-order valence-electron chi connectivity index (χ3n) is 4.11. The molecule has 0 aromatic carbocycles. The molecular weight excluding hydrogens is 214 g/mol. The summed E-state index contributed by atoms with van der Waals surface area (Å²) in [5.41, 5.74) is 5.43. The summed E-state index contributed by atoms with van der Waals surface area (Å²) in [7, 11) is 0. The zero-order valence-corrected chi connectivity index (χ0v) is 10.7. The highest BCUT2D eigenvalue weighted by Crippen LogP contribution is 2.27. The molecule has 3 saturated heterocycles.